The highest BCUT2D eigenvalue weighted by Gasteiger charge is 2.59. The van der Waals surface area contributed by atoms with Gasteiger partial charge in [-0.2, -0.15) is 9.97 Å². The van der Waals surface area contributed by atoms with E-state index in [1.165, 1.54) is 11.1 Å². The Morgan fingerprint density at radius 3 is 2.73 bits per heavy atom. The first kappa shape index (κ1) is 26.5. The van der Waals surface area contributed by atoms with E-state index in [-0.39, 0.29) is 42.4 Å². The largest absolute Gasteiger partial charge is 0.468 e. The third-order valence-electron chi connectivity index (χ3n) is 8.69. The smallest absolute Gasteiger partial charge is 0.226 e. The lowest BCUT2D eigenvalue weighted by Crippen LogP contribution is -2.43. The lowest BCUT2D eigenvalue weighted by molar-refractivity contribution is -0.216. The number of aliphatic hydroxyl groups is 1. The average Bonchev–Trinajstić information content (AvgIpc) is 3.50. The minimum Gasteiger partial charge on any atom is -0.468 e. The number of aromatic nitrogens is 2. The van der Waals surface area contributed by atoms with E-state index in [0.29, 0.717) is 35.1 Å². The molecule has 3 aliphatic carbocycles. The van der Waals surface area contributed by atoms with Crippen LogP contribution in [0.25, 0.3) is 5.53 Å². The molecule has 5 aliphatic rings. The summed E-state index contributed by atoms with van der Waals surface area (Å²) in [7, 11) is 0. The van der Waals surface area contributed by atoms with E-state index >= 15 is 0 Å². The Morgan fingerprint density at radius 1 is 1.20 bits per heavy atom. The number of nitrogen functional groups attached to an aromatic ring is 1. The number of ether oxygens (including phenoxy) is 3. The van der Waals surface area contributed by atoms with Crippen molar-refractivity contribution in [1.29, 1.82) is 0 Å². The van der Waals surface area contributed by atoms with Gasteiger partial charge in [0.15, 0.2) is 23.2 Å². The number of hydrogen-bond donors (Lipinski definition) is 2. The predicted octanol–water partition coefficient (Wildman–Crippen LogP) is 4.87. The van der Waals surface area contributed by atoms with Crippen LogP contribution in [0.3, 0.4) is 0 Å². The molecule has 3 N–H and O–H groups in total. The highest BCUT2D eigenvalue weighted by atomic mass is 35.5. The zero-order valence-corrected chi connectivity index (χ0v) is 22.9. The van der Waals surface area contributed by atoms with Crippen LogP contribution in [0.2, 0.25) is 5.28 Å². The van der Waals surface area contributed by atoms with Crippen LogP contribution in [-0.4, -0.2) is 58.4 Å². The first-order valence-electron chi connectivity index (χ1n) is 14.0. The molecule has 2 aromatic rings. The Hall–Kier alpha value is -2.35. The Kier molecular flexibility index (Phi) is 6.56. The number of nitrogens with zero attached hydrogens (tertiary/aromatic N) is 5. The van der Waals surface area contributed by atoms with Crippen molar-refractivity contribution in [2.75, 3.05) is 29.0 Å². The molecule has 7 rings (SSSR count). The molecule has 40 heavy (non-hydrogen) atoms. The number of anilines is 4. The van der Waals surface area contributed by atoms with Crippen molar-refractivity contribution in [3.63, 3.8) is 0 Å². The first-order valence-corrected chi connectivity index (χ1v) is 14.4. The second kappa shape index (κ2) is 9.88. The summed E-state index contributed by atoms with van der Waals surface area (Å²) in [6, 6.07) is 1.99. The van der Waals surface area contributed by atoms with Crippen LogP contribution in [0, 0.1) is 17.6 Å². The number of nitrogens with two attached hydrogens (primary N) is 1. The molecule has 13 heteroatoms. The molecule has 1 aromatic carbocycles. The summed E-state index contributed by atoms with van der Waals surface area (Å²) in [5.41, 5.74) is 12.6. The van der Waals surface area contributed by atoms with Crippen LogP contribution >= 0.6 is 11.6 Å². The van der Waals surface area contributed by atoms with Crippen molar-refractivity contribution in [2.24, 2.45) is 5.92 Å². The van der Waals surface area contributed by atoms with Crippen LogP contribution in [0.1, 0.15) is 63.4 Å². The Balaban J connectivity index is 1.28. The molecular weight excluding hydrogens is 546 g/mol. The maximum absolute atomic E-state index is 14.6. The summed E-state index contributed by atoms with van der Waals surface area (Å²) in [6.45, 7) is 2.24. The van der Waals surface area contributed by atoms with Crippen LogP contribution in [-0.2, 0) is 14.2 Å². The Morgan fingerprint density at radius 2 is 1.98 bits per heavy atom. The molecule has 216 valence electrons. The molecule has 2 aliphatic heterocycles. The van der Waals surface area contributed by atoms with Crippen LogP contribution in [0.5, 0.6) is 0 Å². The highest BCUT2D eigenvalue weighted by Crippen LogP contribution is 2.56. The van der Waals surface area contributed by atoms with Gasteiger partial charge < -0.3 is 40.6 Å². The monoisotopic (exact) mass is 577 g/mol. The third-order valence-corrected chi connectivity index (χ3v) is 8.86. The van der Waals surface area contributed by atoms with E-state index < -0.39 is 29.6 Å². The van der Waals surface area contributed by atoms with Crippen molar-refractivity contribution < 1.29 is 28.1 Å². The molecule has 4 fully saturated rings. The second-order valence-electron chi connectivity index (χ2n) is 11.6. The molecule has 6 atom stereocenters. The molecule has 0 amide bonds. The van der Waals surface area contributed by atoms with Crippen molar-refractivity contribution >= 4 is 34.6 Å². The van der Waals surface area contributed by atoms with E-state index in [2.05, 4.69) is 16.9 Å². The molecule has 3 heterocycles. The second-order valence-corrected chi connectivity index (χ2v) is 11.9. The number of aliphatic hydroxyl groups excluding tert-OH is 1. The van der Waals surface area contributed by atoms with Gasteiger partial charge in [0.2, 0.25) is 5.28 Å². The summed E-state index contributed by atoms with van der Waals surface area (Å²) in [6.07, 6.45) is 4.73. The van der Waals surface area contributed by atoms with Crippen LogP contribution in [0.15, 0.2) is 12.1 Å². The summed E-state index contributed by atoms with van der Waals surface area (Å²) in [5, 5.41) is 12.6. The maximum atomic E-state index is 14.6. The summed E-state index contributed by atoms with van der Waals surface area (Å²) >= 11 is 6.27. The third kappa shape index (κ3) is 4.40. The van der Waals surface area contributed by atoms with Gasteiger partial charge in [-0.05, 0) is 66.8 Å². The van der Waals surface area contributed by atoms with Crippen molar-refractivity contribution in [3.8, 4) is 0 Å². The highest BCUT2D eigenvalue weighted by molar-refractivity contribution is 6.28. The van der Waals surface area contributed by atoms with E-state index in [9.17, 15) is 13.9 Å². The lowest BCUT2D eigenvalue weighted by atomic mass is 9.86. The summed E-state index contributed by atoms with van der Waals surface area (Å²) in [5.74, 6) is -1.64. The van der Waals surface area contributed by atoms with Gasteiger partial charge in [0.05, 0.1) is 19.3 Å². The number of halogens is 3. The fraction of sp³-hybridized carbons (Fsp3) is 0.630. The minimum atomic E-state index is -0.984. The number of rotatable bonds is 6. The lowest BCUT2D eigenvalue weighted by Gasteiger charge is -2.44. The molecule has 1 spiro atoms. The van der Waals surface area contributed by atoms with Gasteiger partial charge in [-0.1, -0.05) is 13.3 Å². The summed E-state index contributed by atoms with van der Waals surface area (Å²) in [4.78, 5) is 8.62. The molecular formula is C27H32ClF2N6O4-. The Labute approximate surface area is 235 Å². The fourth-order valence-corrected chi connectivity index (χ4v) is 7.02. The molecule has 0 radical (unpaired) electrons. The topological polar surface area (TPSA) is 120 Å². The van der Waals surface area contributed by atoms with Crippen LogP contribution in [0.4, 0.5) is 31.8 Å². The first-order chi connectivity index (χ1) is 19.3. The zero-order chi connectivity index (χ0) is 27.8. The molecule has 1 saturated heterocycles. The molecule has 2 unspecified atom stereocenters. The van der Waals surface area contributed by atoms with Crippen LogP contribution < -0.4 is 15.8 Å². The van der Waals surface area contributed by atoms with E-state index in [4.69, 9.17) is 37.1 Å². The van der Waals surface area contributed by atoms with Gasteiger partial charge in [-0.3, -0.25) is 0 Å². The quantitative estimate of drug-likeness (QED) is 0.463. The molecule has 10 nitrogen and oxygen atoms in total. The van der Waals surface area contributed by atoms with Gasteiger partial charge in [-0.25, -0.2) is 8.78 Å². The minimum absolute atomic E-state index is 0.0604. The standard InChI is InChI=1S/C27H32ClF2N6O4/c1-13-3-2-6-27(12-13)39-22-19(11-20(23(22)40-27)38-8-7-37)36-25-21(24(31)32-26(28)33-25)35(34-36)18-10-17(30)16(29)9-15(18)14-4-5-14/h9-10,13-14,19-20,22-23,37H,2-8,11-12H2,1H3,(H2,31,32,33)/q-1/t13?,19-,20+,22+,23-,27?/m1/s1. The van der Waals surface area contributed by atoms with Gasteiger partial charge in [-0.15, -0.1) is 0 Å². The van der Waals surface area contributed by atoms with Crippen molar-refractivity contribution in [2.45, 2.75) is 87.9 Å². The fourth-order valence-electron chi connectivity index (χ4n) is 6.85. The van der Waals surface area contributed by atoms with Crippen molar-refractivity contribution in [1.82, 2.24) is 9.97 Å². The van der Waals surface area contributed by atoms with Crippen molar-refractivity contribution in [3.05, 3.63) is 40.1 Å². The molecule has 3 saturated carbocycles. The van der Waals surface area contributed by atoms with Gasteiger partial charge >= 0.3 is 0 Å². The zero-order valence-electron chi connectivity index (χ0n) is 22.1. The van der Waals surface area contributed by atoms with Gasteiger partial charge in [0.1, 0.15) is 23.7 Å². The Bertz CT molecular complexity index is 1320. The molecule has 0 bridgehead atoms. The van der Waals surface area contributed by atoms with Gasteiger partial charge in [0, 0.05) is 24.6 Å². The predicted molar refractivity (Wildman–Crippen MR) is 143 cm³/mol. The van der Waals surface area contributed by atoms with E-state index in [0.717, 1.165) is 44.6 Å². The average molecular weight is 578 g/mol. The normalized spacial score (nSPS) is 33.2. The number of hydrogen-bond acceptors (Lipinski definition) is 9. The SMILES string of the molecule is CC1CCCC2(C1)O[C@@H]1[C@H](O2)[C@@H](OCCO)C[C@H]1N1[N-]N(c2cc(F)c(F)cc2C2CC2)c2c(N)nc(Cl)nc21. The summed E-state index contributed by atoms with van der Waals surface area (Å²) < 4.78 is 48.3. The number of benzene rings is 1. The van der Waals surface area contributed by atoms with Gasteiger partial charge in [0.25, 0.3) is 0 Å². The number of fused-ring (bicyclic) bond motifs is 2. The van der Waals surface area contributed by atoms with E-state index in [1.807, 2.05) is 0 Å². The van der Waals surface area contributed by atoms with E-state index in [1.54, 1.807) is 5.01 Å². The maximum Gasteiger partial charge on any atom is 0.226 e. The molecule has 1 aromatic heterocycles.